The Kier molecular flexibility index (Phi) is 4.59. The van der Waals surface area contributed by atoms with Crippen molar-refractivity contribution in [3.63, 3.8) is 0 Å². The highest BCUT2D eigenvalue weighted by molar-refractivity contribution is 6.04. The molecule has 0 unspecified atom stereocenters. The molecule has 0 saturated heterocycles. The number of carbonyl (C=O) groups is 1. The topological polar surface area (TPSA) is 101 Å². The molecule has 0 fully saturated rings. The first-order chi connectivity index (χ1) is 10.5. The Labute approximate surface area is 128 Å². The van der Waals surface area contributed by atoms with Crippen molar-refractivity contribution in [1.82, 2.24) is 4.98 Å². The largest absolute Gasteiger partial charge is 0.490 e. The van der Waals surface area contributed by atoms with Gasteiger partial charge in [-0.05, 0) is 38.1 Å². The Hall–Kier alpha value is -3.07. The first-order valence-corrected chi connectivity index (χ1v) is 6.72. The molecule has 0 aliphatic rings. The van der Waals surface area contributed by atoms with Gasteiger partial charge in [-0.2, -0.15) is 5.26 Å². The van der Waals surface area contributed by atoms with E-state index >= 15 is 0 Å². The van der Waals surface area contributed by atoms with Crippen molar-refractivity contribution in [2.24, 2.45) is 0 Å². The highest BCUT2D eigenvalue weighted by atomic mass is 16.5. The summed E-state index contributed by atoms with van der Waals surface area (Å²) < 4.78 is 5.53. The second-order valence-electron chi connectivity index (χ2n) is 4.95. The Morgan fingerprint density at radius 1 is 1.36 bits per heavy atom. The van der Waals surface area contributed by atoms with E-state index in [1.165, 1.54) is 18.5 Å². The minimum Gasteiger partial charge on any atom is -0.490 e. The number of pyridine rings is 1. The number of benzene rings is 1. The summed E-state index contributed by atoms with van der Waals surface area (Å²) in [6.07, 6.45) is 2.85. The Morgan fingerprint density at radius 3 is 2.77 bits per heavy atom. The van der Waals surface area contributed by atoms with Crippen molar-refractivity contribution in [1.29, 1.82) is 5.26 Å². The monoisotopic (exact) mass is 296 g/mol. The number of aromatic nitrogens is 1. The first kappa shape index (κ1) is 15.3. The Balaban J connectivity index is 2.20. The molecule has 1 aromatic carbocycles. The number of carbonyl (C=O) groups excluding carboxylic acids is 1. The number of nitrogens with one attached hydrogen (secondary N) is 1. The van der Waals surface area contributed by atoms with Crippen molar-refractivity contribution in [2.75, 3.05) is 11.1 Å². The zero-order valence-corrected chi connectivity index (χ0v) is 12.3. The second-order valence-corrected chi connectivity index (χ2v) is 4.95. The van der Waals surface area contributed by atoms with Crippen LogP contribution < -0.4 is 15.8 Å². The molecule has 0 saturated carbocycles. The number of hydrogen-bond acceptors (Lipinski definition) is 5. The molecule has 0 atom stereocenters. The van der Waals surface area contributed by atoms with Crippen LogP contribution in [-0.4, -0.2) is 17.0 Å². The van der Waals surface area contributed by atoms with Crippen molar-refractivity contribution in [2.45, 2.75) is 20.0 Å². The van der Waals surface area contributed by atoms with E-state index in [-0.39, 0.29) is 12.0 Å². The smallest absolute Gasteiger partial charge is 0.257 e. The molecule has 1 amide bonds. The molecular weight excluding hydrogens is 280 g/mol. The highest BCUT2D eigenvalue weighted by Crippen LogP contribution is 2.23. The SMILES string of the molecule is CC(C)Oc1ccc(NC(=O)c2cncc(N)c2)cc1C#N. The van der Waals surface area contributed by atoms with Gasteiger partial charge < -0.3 is 15.8 Å². The third-order valence-electron chi connectivity index (χ3n) is 2.74. The van der Waals surface area contributed by atoms with Crippen LogP contribution in [0.2, 0.25) is 0 Å². The average Bonchev–Trinajstić information content (AvgIpc) is 2.48. The molecule has 0 bridgehead atoms. The zero-order chi connectivity index (χ0) is 16.1. The highest BCUT2D eigenvalue weighted by Gasteiger charge is 2.10. The van der Waals surface area contributed by atoms with Crippen LogP contribution in [0.4, 0.5) is 11.4 Å². The van der Waals surface area contributed by atoms with Crippen LogP contribution in [0.15, 0.2) is 36.7 Å². The summed E-state index contributed by atoms with van der Waals surface area (Å²) in [4.78, 5) is 16.0. The number of hydrogen-bond donors (Lipinski definition) is 2. The van der Waals surface area contributed by atoms with Gasteiger partial charge in [0.15, 0.2) is 0 Å². The number of amides is 1. The summed E-state index contributed by atoms with van der Waals surface area (Å²) in [5.74, 6) is 0.141. The van der Waals surface area contributed by atoms with Gasteiger partial charge in [-0.15, -0.1) is 0 Å². The Bertz CT molecular complexity index is 735. The number of nitrogens with zero attached hydrogens (tertiary/aromatic N) is 2. The molecule has 0 aliphatic carbocycles. The average molecular weight is 296 g/mol. The van der Waals surface area contributed by atoms with Crippen molar-refractivity contribution in [3.8, 4) is 11.8 Å². The first-order valence-electron chi connectivity index (χ1n) is 6.72. The third kappa shape index (κ3) is 3.73. The minimum absolute atomic E-state index is 0.0362. The number of ether oxygens (including phenoxy) is 1. The molecule has 2 aromatic rings. The summed E-state index contributed by atoms with van der Waals surface area (Å²) in [6, 6.07) is 8.49. The summed E-state index contributed by atoms with van der Waals surface area (Å²) in [5, 5.41) is 11.9. The van der Waals surface area contributed by atoms with E-state index in [9.17, 15) is 10.1 Å². The number of nitrogen functional groups attached to an aromatic ring is 1. The van der Waals surface area contributed by atoms with E-state index < -0.39 is 0 Å². The van der Waals surface area contributed by atoms with E-state index in [1.807, 2.05) is 13.8 Å². The van der Waals surface area contributed by atoms with Crippen LogP contribution in [0, 0.1) is 11.3 Å². The van der Waals surface area contributed by atoms with E-state index in [4.69, 9.17) is 10.5 Å². The molecule has 0 radical (unpaired) electrons. The maximum absolute atomic E-state index is 12.1. The van der Waals surface area contributed by atoms with Crippen LogP contribution in [0.3, 0.4) is 0 Å². The van der Waals surface area contributed by atoms with Gasteiger partial charge in [0.05, 0.1) is 22.9 Å². The molecule has 1 aromatic heterocycles. The summed E-state index contributed by atoms with van der Waals surface area (Å²) in [5.41, 5.74) is 7.21. The van der Waals surface area contributed by atoms with Gasteiger partial charge in [-0.25, -0.2) is 0 Å². The summed E-state index contributed by atoms with van der Waals surface area (Å²) in [6.45, 7) is 3.76. The molecule has 112 valence electrons. The maximum atomic E-state index is 12.1. The van der Waals surface area contributed by atoms with Gasteiger partial charge in [-0.1, -0.05) is 0 Å². The van der Waals surface area contributed by atoms with E-state index in [0.717, 1.165) is 0 Å². The fourth-order valence-corrected chi connectivity index (χ4v) is 1.84. The minimum atomic E-state index is -0.346. The van der Waals surface area contributed by atoms with Gasteiger partial charge in [0, 0.05) is 18.1 Å². The van der Waals surface area contributed by atoms with Gasteiger partial charge >= 0.3 is 0 Å². The van der Waals surface area contributed by atoms with Gasteiger partial charge in [0.1, 0.15) is 11.8 Å². The Morgan fingerprint density at radius 2 is 2.14 bits per heavy atom. The normalized spacial score (nSPS) is 10.1. The van der Waals surface area contributed by atoms with Gasteiger partial charge in [0.2, 0.25) is 0 Å². The molecule has 22 heavy (non-hydrogen) atoms. The van der Waals surface area contributed by atoms with Crippen LogP contribution in [0.1, 0.15) is 29.8 Å². The van der Waals surface area contributed by atoms with Crippen LogP contribution in [0.25, 0.3) is 0 Å². The standard InChI is InChI=1S/C16H16N4O2/c1-10(2)22-15-4-3-14(6-11(15)7-17)20-16(21)12-5-13(18)9-19-8-12/h3-6,8-10H,18H2,1-2H3,(H,20,21). The van der Waals surface area contributed by atoms with Crippen molar-refractivity contribution >= 4 is 17.3 Å². The molecule has 0 spiro atoms. The van der Waals surface area contributed by atoms with E-state index in [1.54, 1.807) is 18.2 Å². The van der Waals surface area contributed by atoms with Crippen LogP contribution in [0.5, 0.6) is 5.75 Å². The number of anilines is 2. The maximum Gasteiger partial charge on any atom is 0.257 e. The zero-order valence-electron chi connectivity index (χ0n) is 12.3. The molecule has 6 heteroatoms. The van der Waals surface area contributed by atoms with Crippen molar-refractivity contribution in [3.05, 3.63) is 47.8 Å². The van der Waals surface area contributed by atoms with E-state index in [0.29, 0.717) is 28.3 Å². The predicted octanol–water partition coefficient (Wildman–Crippen LogP) is 2.57. The molecule has 1 heterocycles. The quantitative estimate of drug-likeness (QED) is 0.903. The fourth-order valence-electron chi connectivity index (χ4n) is 1.84. The van der Waals surface area contributed by atoms with Crippen LogP contribution >= 0.6 is 0 Å². The lowest BCUT2D eigenvalue weighted by Gasteiger charge is -2.12. The lowest BCUT2D eigenvalue weighted by Crippen LogP contribution is -2.13. The summed E-state index contributed by atoms with van der Waals surface area (Å²) in [7, 11) is 0. The number of rotatable bonds is 4. The number of nitrogens with two attached hydrogens (primary N) is 1. The predicted molar refractivity (Wildman–Crippen MR) is 83.5 cm³/mol. The molecule has 2 rings (SSSR count). The third-order valence-corrected chi connectivity index (χ3v) is 2.74. The molecule has 3 N–H and O–H groups in total. The van der Waals surface area contributed by atoms with E-state index in [2.05, 4.69) is 16.4 Å². The van der Waals surface area contributed by atoms with Crippen LogP contribution in [-0.2, 0) is 0 Å². The van der Waals surface area contributed by atoms with Gasteiger partial charge in [0.25, 0.3) is 5.91 Å². The summed E-state index contributed by atoms with van der Waals surface area (Å²) >= 11 is 0. The fraction of sp³-hybridized carbons (Fsp3) is 0.188. The van der Waals surface area contributed by atoms with Crippen molar-refractivity contribution < 1.29 is 9.53 Å². The van der Waals surface area contributed by atoms with Gasteiger partial charge in [-0.3, -0.25) is 9.78 Å². The molecule has 6 nitrogen and oxygen atoms in total. The lowest BCUT2D eigenvalue weighted by atomic mass is 10.1. The molecular formula is C16H16N4O2. The lowest BCUT2D eigenvalue weighted by molar-refractivity contribution is 0.102. The second kappa shape index (κ2) is 6.59. The number of nitriles is 1. The molecule has 0 aliphatic heterocycles.